The molecular weight excluding hydrogens is 291 g/mol. The van der Waals surface area contributed by atoms with E-state index in [0.29, 0.717) is 0 Å². The molecule has 0 saturated heterocycles. The van der Waals surface area contributed by atoms with Crippen LogP contribution in [0.5, 0.6) is 0 Å². The molecule has 0 bridgehead atoms. The predicted molar refractivity (Wildman–Crippen MR) is 86.3 cm³/mol. The minimum atomic E-state index is -0.256. The van der Waals surface area contributed by atoms with Crippen LogP contribution >= 0.6 is 0 Å². The van der Waals surface area contributed by atoms with Crippen molar-refractivity contribution in [1.29, 1.82) is 0 Å². The first-order valence-corrected chi connectivity index (χ1v) is 7.25. The second-order valence-electron chi connectivity index (χ2n) is 5.27. The third kappa shape index (κ3) is 2.26. The Kier molecular flexibility index (Phi) is 3.12. The van der Waals surface area contributed by atoms with E-state index in [1.165, 1.54) is 12.1 Å². The third-order valence-corrected chi connectivity index (χ3v) is 3.80. The summed E-state index contributed by atoms with van der Waals surface area (Å²) in [6.45, 7) is 1.93. The highest BCUT2D eigenvalue weighted by molar-refractivity contribution is 5.81. The number of aromatic nitrogens is 4. The first-order chi connectivity index (χ1) is 11.2. The summed E-state index contributed by atoms with van der Waals surface area (Å²) in [7, 11) is 0. The molecule has 0 fully saturated rings. The van der Waals surface area contributed by atoms with Crippen molar-refractivity contribution in [1.82, 2.24) is 19.6 Å². The average Bonchev–Trinajstić information content (AvgIpc) is 2.92. The smallest absolute Gasteiger partial charge is 0.163 e. The molecule has 0 aliphatic rings. The van der Waals surface area contributed by atoms with E-state index in [0.717, 1.165) is 33.7 Å². The molecule has 0 atom stereocenters. The van der Waals surface area contributed by atoms with E-state index in [-0.39, 0.29) is 5.82 Å². The molecule has 0 saturated carbocycles. The number of aryl methyl sites for hydroxylation is 1. The van der Waals surface area contributed by atoms with Gasteiger partial charge in [-0.25, -0.2) is 13.9 Å². The van der Waals surface area contributed by atoms with Gasteiger partial charge in [-0.05, 0) is 42.8 Å². The Hall–Kier alpha value is -3.08. The van der Waals surface area contributed by atoms with E-state index in [1.807, 2.05) is 29.6 Å². The Morgan fingerprint density at radius 3 is 2.35 bits per heavy atom. The van der Waals surface area contributed by atoms with Crippen molar-refractivity contribution in [3.8, 4) is 22.4 Å². The van der Waals surface area contributed by atoms with Gasteiger partial charge in [0.15, 0.2) is 5.65 Å². The minimum Gasteiger partial charge on any atom is -0.265 e. The maximum atomic E-state index is 13.2. The lowest BCUT2D eigenvalue weighted by Crippen LogP contribution is -1.95. The van der Waals surface area contributed by atoms with Crippen molar-refractivity contribution in [2.75, 3.05) is 0 Å². The molecule has 0 N–H and O–H groups in total. The van der Waals surface area contributed by atoms with Gasteiger partial charge in [-0.2, -0.15) is 5.10 Å². The maximum Gasteiger partial charge on any atom is 0.163 e. The van der Waals surface area contributed by atoms with Crippen LogP contribution in [0.3, 0.4) is 0 Å². The second kappa shape index (κ2) is 5.28. The van der Waals surface area contributed by atoms with Crippen molar-refractivity contribution < 1.29 is 4.39 Å². The number of fused-ring (bicyclic) bond motifs is 1. The molecule has 3 aromatic heterocycles. The molecule has 5 heteroatoms. The first-order valence-electron chi connectivity index (χ1n) is 7.25. The fraction of sp³-hybridized carbons (Fsp3) is 0.0556. The van der Waals surface area contributed by atoms with Crippen molar-refractivity contribution >= 4 is 5.65 Å². The van der Waals surface area contributed by atoms with Gasteiger partial charge >= 0.3 is 0 Å². The normalized spacial score (nSPS) is 11.0. The number of benzene rings is 1. The summed E-state index contributed by atoms with van der Waals surface area (Å²) in [5.74, 6) is -0.256. The highest BCUT2D eigenvalue weighted by Crippen LogP contribution is 2.29. The molecule has 4 aromatic rings. The van der Waals surface area contributed by atoms with Gasteiger partial charge in [-0.15, -0.1) is 0 Å². The number of halogens is 1. The quantitative estimate of drug-likeness (QED) is 0.564. The Morgan fingerprint density at radius 1 is 0.870 bits per heavy atom. The standard InChI is InChI=1S/C18H13FN4/c1-12-17(14-2-4-15(19)5-3-14)18-21-11-8-16(23(18)22-12)13-6-9-20-10-7-13/h2-11H,1H3. The average molecular weight is 304 g/mol. The fourth-order valence-electron chi connectivity index (χ4n) is 2.75. The van der Waals surface area contributed by atoms with Crippen LogP contribution in [0.15, 0.2) is 61.1 Å². The van der Waals surface area contributed by atoms with E-state index >= 15 is 0 Å². The van der Waals surface area contributed by atoms with Crippen LogP contribution in [0.1, 0.15) is 5.69 Å². The van der Waals surface area contributed by atoms with Crippen molar-refractivity contribution in [3.05, 3.63) is 72.6 Å². The Bertz CT molecular complexity index is 975. The lowest BCUT2D eigenvalue weighted by molar-refractivity contribution is 0.628. The monoisotopic (exact) mass is 304 g/mol. The van der Waals surface area contributed by atoms with Gasteiger partial charge in [0.05, 0.1) is 11.4 Å². The molecule has 0 unspecified atom stereocenters. The highest BCUT2D eigenvalue weighted by Gasteiger charge is 2.15. The van der Waals surface area contributed by atoms with Gasteiger partial charge in [-0.1, -0.05) is 12.1 Å². The van der Waals surface area contributed by atoms with Gasteiger partial charge in [0, 0.05) is 29.7 Å². The minimum absolute atomic E-state index is 0.256. The lowest BCUT2D eigenvalue weighted by Gasteiger charge is -2.05. The Morgan fingerprint density at radius 2 is 1.61 bits per heavy atom. The topological polar surface area (TPSA) is 43.1 Å². The summed E-state index contributed by atoms with van der Waals surface area (Å²) in [4.78, 5) is 8.53. The molecule has 0 aliphatic heterocycles. The van der Waals surface area contributed by atoms with Gasteiger partial charge in [-0.3, -0.25) is 4.98 Å². The van der Waals surface area contributed by atoms with Crippen LogP contribution in [-0.4, -0.2) is 19.6 Å². The lowest BCUT2D eigenvalue weighted by atomic mass is 10.1. The van der Waals surface area contributed by atoms with Crippen LogP contribution in [0.2, 0.25) is 0 Å². The molecule has 4 rings (SSSR count). The molecule has 0 aliphatic carbocycles. The van der Waals surface area contributed by atoms with Gasteiger partial charge in [0.25, 0.3) is 0 Å². The SMILES string of the molecule is Cc1nn2c(-c3ccncc3)ccnc2c1-c1ccc(F)cc1. The molecule has 112 valence electrons. The zero-order valence-corrected chi connectivity index (χ0v) is 12.4. The first kappa shape index (κ1) is 13.6. The van der Waals surface area contributed by atoms with Crippen molar-refractivity contribution in [3.63, 3.8) is 0 Å². The van der Waals surface area contributed by atoms with Crippen molar-refractivity contribution in [2.24, 2.45) is 0 Å². The van der Waals surface area contributed by atoms with Crippen LogP contribution < -0.4 is 0 Å². The van der Waals surface area contributed by atoms with Crippen LogP contribution in [0.25, 0.3) is 28.0 Å². The summed E-state index contributed by atoms with van der Waals surface area (Å²) in [5, 5.41) is 4.63. The Balaban J connectivity index is 1.98. The number of hydrogen-bond acceptors (Lipinski definition) is 3. The molecule has 0 amide bonds. The largest absolute Gasteiger partial charge is 0.265 e. The molecule has 1 aromatic carbocycles. The summed E-state index contributed by atoms with van der Waals surface area (Å²) in [5.41, 5.74) is 5.38. The predicted octanol–water partition coefficient (Wildman–Crippen LogP) is 3.91. The summed E-state index contributed by atoms with van der Waals surface area (Å²) in [6, 6.07) is 12.2. The molecule has 4 nitrogen and oxygen atoms in total. The molecular formula is C18H13FN4. The van der Waals surface area contributed by atoms with Crippen molar-refractivity contribution in [2.45, 2.75) is 6.92 Å². The highest BCUT2D eigenvalue weighted by atomic mass is 19.1. The molecule has 0 spiro atoms. The van der Waals surface area contributed by atoms with E-state index in [4.69, 9.17) is 0 Å². The van der Waals surface area contributed by atoms with Crippen LogP contribution in [0, 0.1) is 12.7 Å². The number of pyridine rings is 1. The zero-order valence-electron chi connectivity index (χ0n) is 12.4. The van der Waals surface area contributed by atoms with Crippen LogP contribution in [0.4, 0.5) is 4.39 Å². The van der Waals surface area contributed by atoms with E-state index in [1.54, 1.807) is 30.7 Å². The Labute approximate surface area is 132 Å². The molecule has 0 radical (unpaired) electrons. The molecule has 23 heavy (non-hydrogen) atoms. The van der Waals surface area contributed by atoms with Crippen LogP contribution in [-0.2, 0) is 0 Å². The third-order valence-electron chi connectivity index (χ3n) is 3.80. The summed E-state index contributed by atoms with van der Waals surface area (Å²) < 4.78 is 15.0. The van der Waals surface area contributed by atoms with E-state index in [2.05, 4.69) is 15.1 Å². The molecule has 3 heterocycles. The fourth-order valence-corrected chi connectivity index (χ4v) is 2.75. The van der Waals surface area contributed by atoms with Gasteiger partial charge in [0.1, 0.15) is 5.82 Å². The number of hydrogen-bond donors (Lipinski definition) is 0. The zero-order chi connectivity index (χ0) is 15.8. The van der Waals surface area contributed by atoms with E-state index in [9.17, 15) is 4.39 Å². The summed E-state index contributed by atoms with van der Waals surface area (Å²) in [6.07, 6.45) is 5.26. The van der Waals surface area contributed by atoms with E-state index < -0.39 is 0 Å². The van der Waals surface area contributed by atoms with Gasteiger partial charge < -0.3 is 0 Å². The maximum absolute atomic E-state index is 13.2. The van der Waals surface area contributed by atoms with Gasteiger partial charge in [0.2, 0.25) is 0 Å². The number of nitrogens with zero attached hydrogens (tertiary/aromatic N) is 4. The summed E-state index contributed by atoms with van der Waals surface area (Å²) >= 11 is 0. The second-order valence-corrected chi connectivity index (χ2v) is 5.27. The number of rotatable bonds is 2.